The molecular weight excluding hydrogens is 380 g/mol. The van der Waals surface area contributed by atoms with E-state index in [4.69, 9.17) is 14.7 Å². The summed E-state index contributed by atoms with van der Waals surface area (Å²) >= 11 is 0. The van der Waals surface area contributed by atoms with Gasteiger partial charge in [-0.05, 0) is 48.7 Å². The number of carbonyl (C=O) groups excluding carboxylic acids is 1. The van der Waals surface area contributed by atoms with Crippen LogP contribution >= 0.6 is 0 Å². The van der Waals surface area contributed by atoms with Crippen molar-refractivity contribution in [2.75, 3.05) is 7.11 Å². The van der Waals surface area contributed by atoms with Crippen LogP contribution in [0, 0.1) is 11.3 Å². The Labute approximate surface area is 174 Å². The van der Waals surface area contributed by atoms with Crippen molar-refractivity contribution < 1.29 is 19.4 Å². The Balaban J connectivity index is 1.83. The number of methoxy groups -OCH3 is 1. The number of allylic oxidation sites excluding steroid dienone is 1. The number of nitrogens with zero attached hydrogens (tertiary/aromatic N) is 2. The fraction of sp³-hybridized carbons (Fsp3) is 0.250. The zero-order valence-electron chi connectivity index (χ0n) is 16.9. The molecule has 1 aliphatic rings. The summed E-state index contributed by atoms with van der Waals surface area (Å²) in [5.41, 5.74) is 3.49. The van der Waals surface area contributed by atoms with E-state index in [9.17, 15) is 9.90 Å². The Hall–Kier alpha value is -3.72. The fourth-order valence-corrected chi connectivity index (χ4v) is 3.85. The standard InChI is InChI=1S/C24H22N2O4/c1-3-15-10-18(29-2)13-20-16(14-26(23(15)20)9-5-4-8-25)11-22-24(28)19-7-6-17(27)12-21(19)30-22/h6-7,10-14,27H,3-5,9H2,1-2H3. The smallest absolute Gasteiger partial charge is 0.231 e. The summed E-state index contributed by atoms with van der Waals surface area (Å²) in [6, 6.07) is 10.7. The number of hydrogen-bond donors (Lipinski definition) is 1. The number of nitriles is 1. The van der Waals surface area contributed by atoms with E-state index in [1.165, 1.54) is 12.1 Å². The molecule has 2 heterocycles. The predicted molar refractivity (Wildman–Crippen MR) is 114 cm³/mol. The fourth-order valence-electron chi connectivity index (χ4n) is 3.85. The van der Waals surface area contributed by atoms with Gasteiger partial charge in [-0.15, -0.1) is 0 Å². The van der Waals surface area contributed by atoms with Gasteiger partial charge in [0.15, 0.2) is 5.76 Å². The van der Waals surface area contributed by atoms with Gasteiger partial charge < -0.3 is 19.1 Å². The first-order valence-electron chi connectivity index (χ1n) is 9.89. The van der Waals surface area contributed by atoms with Crippen LogP contribution in [0.2, 0.25) is 0 Å². The molecule has 152 valence electrons. The molecule has 1 aromatic heterocycles. The van der Waals surface area contributed by atoms with E-state index in [1.807, 2.05) is 18.3 Å². The molecule has 0 saturated carbocycles. The van der Waals surface area contributed by atoms with Gasteiger partial charge in [0.1, 0.15) is 17.2 Å². The SMILES string of the molecule is CCc1cc(OC)cc2c(C=C3Oc4cc(O)ccc4C3=O)cn(CCCC#N)c12. The maximum Gasteiger partial charge on any atom is 0.231 e. The number of benzene rings is 2. The van der Waals surface area contributed by atoms with E-state index < -0.39 is 0 Å². The van der Waals surface area contributed by atoms with Gasteiger partial charge in [-0.25, -0.2) is 0 Å². The molecular formula is C24H22N2O4. The maximum atomic E-state index is 12.8. The normalized spacial score (nSPS) is 14.0. The predicted octanol–water partition coefficient (Wildman–Crippen LogP) is 4.84. The monoisotopic (exact) mass is 402 g/mol. The van der Waals surface area contributed by atoms with Gasteiger partial charge >= 0.3 is 0 Å². The zero-order valence-corrected chi connectivity index (χ0v) is 16.9. The number of fused-ring (bicyclic) bond motifs is 2. The van der Waals surface area contributed by atoms with E-state index in [-0.39, 0.29) is 17.3 Å². The molecule has 0 atom stereocenters. The highest BCUT2D eigenvalue weighted by atomic mass is 16.5. The number of ether oxygens (including phenoxy) is 2. The second-order valence-electron chi connectivity index (χ2n) is 7.20. The number of phenols is 1. The van der Waals surface area contributed by atoms with Crippen LogP contribution in [0.25, 0.3) is 17.0 Å². The molecule has 0 aliphatic carbocycles. The second kappa shape index (κ2) is 7.96. The van der Waals surface area contributed by atoms with Crippen LogP contribution in [-0.2, 0) is 13.0 Å². The molecule has 30 heavy (non-hydrogen) atoms. The number of aromatic hydroxyl groups is 1. The van der Waals surface area contributed by atoms with Crippen LogP contribution in [0.5, 0.6) is 17.2 Å². The molecule has 0 unspecified atom stereocenters. The van der Waals surface area contributed by atoms with Crippen LogP contribution in [-0.4, -0.2) is 22.6 Å². The molecule has 4 rings (SSSR count). The van der Waals surface area contributed by atoms with E-state index in [0.29, 0.717) is 24.3 Å². The quantitative estimate of drug-likeness (QED) is 0.471. The van der Waals surface area contributed by atoms with Crippen LogP contribution in [0.1, 0.15) is 41.3 Å². The molecule has 6 heteroatoms. The number of carbonyl (C=O) groups is 1. The Bertz CT molecular complexity index is 1210. The summed E-state index contributed by atoms with van der Waals surface area (Å²) in [4.78, 5) is 12.8. The van der Waals surface area contributed by atoms with Crippen molar-refractivity contribution >= 4 is 22.8 Å². The van der Waals surface area contributed by atoms with Gasteiger partial charge in [0, 0.05) is 36.2 Å². The number of unbranched alkanes of at least 4 members (excludes halogenated alkanes) is 1. The Kier molecular flexibility index (Phi) is 5.20. The number of hydrogen-bond acceptors (Lipinski definition) is 5. The summed E-state index contributed by atoms with van der Waals surface area (Å²) in [7, 11) is 1.63. The number of Topliss-reactive ketones (excluding diaryl/α,β-unsaturated/α-hetero) is 1. The van der Waals surface area contributed by atoms with Crippen LogP contribution < -0.4 is 9.47 Å². The average molecular weight is 402 g/mol. The largest absolute Gasteiger partial charge is 0.508 e. The van der Waals surface area contributed by atoms with Crippen molar-refractivity contribution in [3.63, 3.8) is 0 Å². The molecule has 0 bridgehead atoms. The first-order chi connectivity index (χ1) is 14.5. The molecule has 0 saturated heterocycles. The van der Waals surface area contributed by atoms with E-state index in [0.717, 1.165) is 40.6 Å². The van der Waals surface area contributed by atoms with E-state index in [2.05, 4.69) is 17.6 Å². The molecule has 6 nitrogen and oxygen atoms in total. The van der Waals surface area contributed by atoms with Crippen molar-refractivity contribution in [2.45, 2.75) is 32.7 Å². The summed E-state index contributed by atoms with van der Waals surface area (Å²) in [6.07, 6.45) is 5.78. The molecule has 0 radical (unpaired) electrons. The highest BCUT2D eigenvalue weighted by Gasteiger charge is 2.28. The first-order valence-corrected chi connectivity index (χ1v) is 9.89. The van der Waals surface area contributed by atoms with Gasteiger partial charge in [0.05, 0.1) is 24.3 Å². The summed E-state index contributed by atoms with van der Waals surface area (Å²) in [5.74, 6) is 1.16. The minimum atomic E-state index is -0.214. The van der Waals surface area contributed by atoms with Crippen LogP contribution in [0.4, 0.5) is 0 Å². The number of ketones is 1. The third-order valence-corrected chi connectivity index (χ3v) is 5.30. The molecule has 0 spiro atoms. The minimum Gasteiger partial charge on any atom is -0.508 e. The molecule has 0 fully saturated rings. The molecule has 0 amide bonds. The van der Waals surface area contributed by atoms with Crippen molar-refractivity contribution in [3.05, 3.63) is 59.0 Å². The van der Waals surface area contributed by atoms with Crippen molar-refractivity contribution in [1.29, 1.82) is 5.26 Å². The second-order valence-corrected chi connectivity index (χ2v) is 7.20. The van der Waals surface area contributed by atoms with Crippen LogP contribution in [0.15, 0.2) is 42.3 Å². The summed E-state index contributed by atoms with van der Waals surface area (Å²) in [6.45, 7) is 2.79. The number of rotatable bonds is 6. The third kappa shape index (κ3) is 3.39. The lowest BCUT2D eigenvalue weighted by Gasteiger charge is -2.10. The van der Waals surface area contributed by atoms with Gasteiger partial charge in [-0.3, -0.25) is 4.79 Å². The van der Waals surface area contributed by atoms with Crippen LogP contribution in [0.3, 0.4) is 0 Å². The Morgan fingerprint density at radius 1 is 1.30 bits per heavy atom. The van der Waals surface area contributed by atoms with Crippen molar-refractivity contribution in [1.82, 2.24) is 4.57 Å². The topological polar surface area (TPSA) is 84.5 Å². The zero-order chi connectivity index (χ0) is 21.3. The number of phenolic OH excluding ortho intramolecular Hbond substituents is 1. The molecule has 3 aromatic rings. The van der Waals surface area contributed by atoms with Crippen molar-refractivity contribution in [3.8, 4) is 23.3 Å². The summed E-state index contributed by atoms with van der Waals surface area (Å²) < 4.78 is 13.4. The minimum absolute atomic E-state index is 0.0502. The average Bonchev–Trinajstić information content (AvgIpc) is 3.25. The van der Waals surface area contributed by atoms with E-state index >= 15 is 0 Å². The molecule has 1 aliphatic heterocycles. The lowest BCUT2D eigenvalue weighted by Crippen LogP contribution is -1.99. The molecule has 1 N–H and O–H groups in total. The Morgan fingerprint density at radius 3 is 2.87 bits per heavy atom. The Morgan fingerprint density at radius 2 is 2.13 bits per heavy atom. The summed E-state index contributed by atoms with van der Waals surface area (Å²) in [5, 5.41) is 19.5. The molecule has 2 aromatic carbocycles. The first kappa shape index (κ1) is 19.6. The van der Waals surface area contributed by atoms with Gasteiger partial charge in [-0.2, -0.15) is 5.26 Å². The lowest BCUT2D eigenvalue weighted by molar-refractivity contribution is 0.101. The maximum absolute atomic E-state index is 12.8. The van der Waals surface area contributed by atoms with Gasteiger partial charge in [0.2, 0.25) is 5.78 Å². The van der Waals surface area contributed by atoms with Gasteiger partial charge in [-0.1, -0.05) is 6.92 Å². The highest BCUT2D eigenvalue weighted by molar-refractivity contribution is 6.15. The lowest BCUT2D eigenvalue weighted by atomic mass is 10.0. The third-order valence-electron chi connectivity index (χ3n) is 5.30. The number of aromatic nitrogens is 1. The van der Waals surface area contributed by atoms with E-state index in [1.54, 1.807) is 19.3 Å². The van der Waals surface area contributed by atoms with Crippen molar-refractivity contribution in [2.24, 2.45) is 0 Å². The van der Waals surface area contributed by atoms with Gasteiger partial charge in [0.25, 0.3) is 0 Å². The number of aryl methyl sites for hydroxylation is 2. The highest BCUT2D eigenvalue weighted by Crippen LogP contribution is 2.36.